The van der Waals surface area contributed by atoms with E-state index < -0.39 is 6.04 Å². The summed E-state index contributed by atoms with van der Waals surface area (Å²) in [6.45, 7) is 5.09. The normalized spacial score (nSPS) is 20.6. The van der Waals surface area contributed by atoms with Crippen LogP contribution in [0.15, 0.2) is 54.7 Å². The van der Waals surface area contributed by atoms with Gasteiger partial charge in [0.05, 0.1) is 0 Å². The van der Waals surface area contributed by atoms with Crippen LogP contribution in [-0.2, 0) is 20.9 Å². The average Bonchev–Trinajstić information content (AvgIpc) is 3.22. The molecular weight excluding hydrogens is 454 g/mol. The van der Waals surface area contributed by atoms with Crippen LogP contribution in [0, 0.1) is 0 Å². The number of hydrogen-bond donors (Lipinski definition) is 1. The van der Waals surface area contributed by atoms with Crippen LogP contribution in [0.25, 0.3) is 11.6 Å². The fourth-order valence-electron chi connectivity index (χ4n) is 5.09. The molecule has 36 heavy (non-hydrogen) atoms. The number of pyridine rings is 1. The quantitative estimate of drug-likeness (QED) is 0.676. The highest BCUT2D eigenvalue weighted by molar-refractivity contribution is 5.96. The molecule has 0 aliphatic carbocycles. The highest BCUT2D eigenvalue weighted by atomic mass is 16.2. The Morgan fingerprint density at radius 2 is 1.92 bits per heavy atom. The second-order valence-electron chi connectivity index (χ2n) is 9.51. The zero-order chi connectivity index (χ0) is 25.1. The van der Waals surface area contributed by atoms with Crippen LogP contribution in [-0.4, -0.2) is 76.2 Å². The predicted octanol–water partition coefficient (Wildman–Crippen LogP) is 2.79. The number of nitrogens with zero attached hydrogens (tertiary/aromatic N) is 4. The zero-order valence-corrected chi connectivity index (χ0v) is 20.5. The highest BCUT2D eigenvalue weighted by Crippen LogP contribution is 2.25. The summed E-state index contributed by atoms with van der Waals surface area (Å²) in [4.78, 5) is 47.7. The van der Waals surface area contributed by atoms with Gasteiger partial charge in [-0.2, -0.15) is 0 Å². The summed E-state index contributed by atoms with van der Waals surface area (Å²) in [6, 6.07) is 11.9. The molecule has 4 heterocycles. The van der Waals surface area contributed by atoms with Crippen molar-refractivity contribution in [1.29, 1.82) is 0 Å². The van der Waals surface area contributed by atoms with Crippen LogP contribution >= 0.6 is 0 Å². The van der Waals surface area contributed by atoms with E-state index in [2.05, 4.69) is 33.4 Å². The lowest BCUT2D eigenvalue weighted by atomic mass is 10.0. The number of benzene rings is 1. The van der Waals surface area contributed by atoms with Gasteiger partial charge < -0.3 is 15.1 Å². The average molecular weight is 486 g/mol. The van der Waals surface area contributed by atoms with Gasteiger partial charge in [0, 0.05) is 64.0 Å². The van der Waals surface area contributed by atoms with E-state index in [-0.39, 0.29) is 17.7 Å². The second-order valence-corrected chi connectivity index (χ2v) is 9.51. The number of rotatable bonds is 3. The van der Waals surface area contributed by atoms with E-state index in [9.17, 15) is 14.4 Å². The number of fused-ring (bicyclic) bond motifs is 2. The first-order valence-corrected chi connectivity index (χ1v) is 12.5. The molecule has 0 spiro atoms. The summed E-state index contributed by atoms with van der Waals surface area (Å²) < 4.78 is 0. The summed E-state index contributed by atoms with van der Waals surface area (Å²) in [5.41, 5.74) is 4.23. The van der Waals surface area contributed by atoms with E-state index in [1.807, 2.05) is 29.2 Å². The van der Waals surface area contributed by atoms with E-state index in [0.29, 0.717) is 45.1 Å². The molecule has 1 fully saturated rings. The Labute approximate surface area is 211 Å². The molecule has 1 aromatic heterocycles. The van der Waals surface area contributed by atoms with Crippen molar-refractivity contribution in [2.45, 2.75) is 32.4 Å². The molecule has 1 atom stereocenters. The zero-order valence-electron chi connectivity index (χ0n) is 20.5. The minimum atomic E-state index is -0.394. The third kappa shape index (κ3) is 5.23. The Morgan fingerprint density at radius 3 is 2.72 bits per heavy atom. The molecule has 0 bridgehead atoms. The fourth-order valence-corrected chi connectivity index (χ4v) is 5.09. The molecule has 0 radical (unpaired) electrons. The van der Waals surface area contributed by atoms with E-state index >= 15 is 0 Å². The topological polar surface area (TPSA) is 85.8 Å². The van der Waals surface area contributed by atoms with Crippen LogP contribution in [0.3, 0.4) is 0 Å². The summed E-state index contributed by atoms with van der Waals surface area (Å²) in [5.74, 6) is 0.367. The molecule has 3 aliphatic rings. The second kappa shape index (κ2) is 10.5. The van der Waals surface area contributed by atoms with Crippen molar-refractivity contribution in [2.24, 2.45) is 0 Å². The third-order valence-corrected chi connectivity index (χ3v) is 7.16. The maximum absolute atomic E-state index is 12.9. The maximum Gasteiger partial charge on any atom is 0.246 e. The summed E-state index contributed by atoms with van der Waals surface area (Å²) in [7, 11) is 0. The third-order valence-electron chi connectivity index (χ3n) is 7.16. The molecule has 1 saturated heterocycles. The van der Waals surface area contributed by atoms with Gasteiger partial charge in [-0.3, -0.25) is 19.3 Å². The van der Waals surface area contributed by atoms with Gasteiger partial charge in [-0.15, -0.1) is 0 Å². The van der Waals surface area contributed by atoms with Crippen LogP contribution in [0.4, 0.5) is 5.82 Å². The van der Waals surface area contributed by atoms with Crippen LogP contribution < -0.4 is 5.32 Å². The molecule has 1 aromatic carbocycles. The number of amides is 3. The number of anilines is 1. The van der Waals surface area contributed by atoms with E-state index in [4.69, 9.17) is 0 Å². The maximum atomic E-state index is 12.9. The van der Waals surface area contributed by atoms with Gasteiger partial charge >= 0.3 is 0 Å². The van der Waals surface area contributed by atoms with Gasteiger partial charge in [0.1, 0.15) is 11.9 Å². The monoisotopic (exact) mass is 485 g/mol. The van der Waals surface area contributed by atoms with E-state index in [0.717, 1.165) is 24.0 Å². The number of hydrogen-bond acceptors (Lipinski definition) is 5. The van der Waals surface area contributed by atoms with Crippen LogP contribution in [0.2, 0.25) is 0 Å². The highest BCUT2D eigenvalue weighted by Gasteiger charge is 2.36. The smallest absolute Gasteiger partial charge is 0.246 e. The van der Waals surface area contributed by atoms with E-state index in [1.165, 1.54) is 18.1 Å². The van der Waals surface area contributed by atoms with Crippen molar-refractivity contribution >= 4 is 35.2 Å². The van der Waals surface area contributed by atoms with Crippen LogP contribution in [0.5, 0.6) is 0 Å². The fraction of sp³-hybridized carbons (Fsp3) is 0.357. The molecule has 3 aliphatic heterocycles. The van der Waals surface area contributed by atoms with Crippen molar-refractivity contribution < 1.29 is 14.4 Å². The van der Waals surface area contributed by atoms with E-state index in [1.54, 1.807) is 23.2 Å². The van der Waals surface area contributed by atoms with Gasteiger partial charge in [-0.25, -0.2) is 4.98 Å². The number of aromatic nitrogens is 1. The Kier molecular flexibility index (Phi) is 6.95. The lowest BCUT2D eigenvalue weighted by molar-refractivity contribution is -0.134. The van der Waals surface area contributed by atoms with Gasteiger partial charge in [0.2, 0.25) is 17.7 Å². The summed E-state index contributed by atoms with van der Waals surface area (Å²) in [5, 5.41) is 2.91. The Hall–Kier alpha value is -3.78. The minimum absolute atomic E-state index is 0.0126. The Morgan fingerprint density at radius 1 is 1.08 bits per heavy atom. The van der Waals surface area contributed by atoms with Gasteiger partial charge in [0.15, 0.2) is 0 Å². The molecule has 3 amide bonds. The largest absolute Gasteiger partial charge is 0.340 e. The number of nitrogens with one attached hydrogen (secondary N) is 1. The standard InChI is InChI=1S/C28H31N5O3/c1-20(34)32-14-15-33-18-24-16-21(17-29-27(24)30-28(36)25(33)19-32)9-10-26(35)31-12-5-8-23(11-13-31)22-6-3-2-4-7-22/h2-4,6-10,16-17,25H,5,11-15,18-19H2,1H3,(H,29,30,36). The molecule has 2 aromatic rings. The first-order chi connectivity index (χ1) is 17.5. The molecule has 1 unspecified atom stereocenters. The first-order valence-electron chi connectivity index (χ1n) is 12.5. The lowest BCUT2D eigenvalue weighted by Gasteiger charge is -2.38. The van der Waals surface area contributed by atoms with Gasteiger partial charge in [-0.05, 0) is 41.7 Å². The number of carbonyl (C=O) groups excluding carboxylic acids is 3. The molecule has 186 valence electrons. The number of piperazine rings is 1. The minimum Gasteiger partial charge on any atom is -0.340 e. The lowest BCUT2D eigenvalue weighted by Crippen LogP contribution is -2.57. The van der Waals surface area contributed by atoms with Crippen molar-refractivity contribution in [3.8, 4) is 0 Å². The van der Waals surface area contributed by atoms with Crippen molar-refractivity contribution in [3.63, 3.8) is 0 Å². The Bertz CT molecular complexity index is 1220. The van der Waals surface area contributed by atoms with Crippen molar-refractivity contribution in [2.75, 3.05) is 38.0 Å². The molecule has 8 heteroatoms. The summed E-state index contributed by atoms with van der Waals surface area (Å²) >= 11 is 0. The van der Waals surface area contributed by atoms with Gasteiger partial charge in [-0.1, -0.05) is 36.4 Å². The number of carbonyl (C=O) groups is 3. The first kappa shape index (κ1) is 23.9. The van der Waals surface area contributed by atoms with Crippen molar-refractivity contribution in [1.82, 2.24) is 19.7 Å². The van der Waals surface area contributed by atoms with Crippen LogP contribution in [0.1, 0.15) is 36.5 Å². The molecule has 8 nitrogen and oxygen atoms in total. The molecule has 1 N–H and O–H groups in total. The summed E-state index contributed by atoms with van der Waals surface area (Å²) in [6.07, 6.45) is 8.99. The predicted molar refractivity (Wildman–Crippen MR) is 139 cm³/mol. The molecule has 0 saturated carbocycles. The molecular formula is C28H31N5O3. The SMILES string of the molecule is CC(=O)N1CCN2Cc3cc(C=CC(=O)N4CCC=C(c5ccccc5)CC4)cnc3NC(=O)C2C1. The van der Waals surface area contributed by atoms with Gasteiger partial charge in [0.25, 0.3) is 0 Å². The van der Waals surface area contributed by atoms with Crippen molar-refractivity contribution in [3.05, 3.63) is 71.4 Å². The molecule has 5 rings (SSSR count). The Balaban J connectivity index is 1.24.